The van der Waals surface area contributed by atoms with Gasteiger partial charge in [0.05, 0.1) is 4.34 Å². The number of hydrogen-bond donors (Lipinski definition) is 3. The molecule has 0 aromatic carbocycles. The Morgan fingerprint density at radius 3 is 2.57 bits per heavy atom. The number of nitrogens with one attached hydrogen (secondary N) is 3. The van der Waals surface area contributed by atoms with Crippen LogP contribution in [-0.2, 0) is 10.0 Å². The molecule has 6 nitrogen and oxygen atoms in total. The summed E-state index contributed by atoms with van der Waals surface area (Å²) < 4.78 is 27.1. The van der Waals surface area contributed by atoms with E-state index in [4.69, 9.17) is 11.6 Å². The Morgan fingerprint density at radius 1 is 1.29 bits per heavy atom. The van der Waals surface area contributed by atoms with Crippen LogP contribution in [0.3, 0.4) is 0 Å². The number of aliphatic imine (C=N–C) groups is 1. The lowest BCUT2D eigenvalue weighted by Crippen LogP contribution is -2.41. The van der Waals surface area contributed by atoms with Crippen molar-refractivity contribution in [3.63, 3.8) is 0 Å². The maximum Gasteiger partial charge on any atom is 0.250 e. The first-order chi connectivity index (χ1) is 9.99. The minimum absolute atomic E-state index is 0.220. The van der Waals surface area contributed by atoms with Crippen LogP contribution in [0.4, 0.5) is 0 Å². The van der Waals surface area contributed by atoms with Crippen LogP contribution >= 0.6 is 22.9 Å². The summed E-state index contributed by atoms with van der Waals surface area (Å²) >= 11 is 6.77. The number of rotatable bonds is 8. The normalized spacial score (nSPS) is 12.4. The first kappa shape index (κ1) is 18.2. The van der Waals surface area contributed by atoms with Gasteiger partial charge in [-0.1, -0.05) is 24.9 Å². The average Bonchev–Trinajstić information content (AvgIpc) is 2.89. The molecule has 0 saturated carbocycles. The summed E-state index contributed by atoms with van der Waals surface area (Å²) in [7, 11) is -1.80. The van der Waals surface area contributed by atoms with Crippen LogP contribution in [0.25, 0.3) is 0 Å². The third kappa shape index (κ3) is 6.64. The second-order valence-corrected chi connectivity index (χ2v) is 7.94. The number of unbranched alkanes of at least 4 members (excludes halogenated alkanes) is 1. The van der Waals surface area contributed by atoms with Gasteiger partial charge >= 0.3 is 0 Å². The molecular weight excluding hydrogens is 332 g/mol. The van der Waals surface area contributed by atoms with Crippen LogP contribution in [0.5, 0.6) is 0 Å². The molecule has 0 aliphatic rings. The number of sulfonamides is 1. The van der Waals surface area contributed by atoms with Crippen molar-refractivity contribution in [3.05, 3.63) is 16.5 Å². The van der Waals surface area contributed by atoms with Crippen molar-refractivity contribution >= 4 is 38.9 Å². The zero-order valence-electron chi connectivity index (χ0n) is 12.1. The Hall–Kier alpha value is -0.830. The van der Waals surface area contributed by atoms with Crippen molar-refractivity contribution in [3.8, 4) is 0 Å². The highest BCUT2D eigenvalue weighted by Crippen LogP contribution is 2.24. The van der Waals surface area contributed by atoms with Gasteiger partial charge in [-0.25, -0.2) is 13.1 Å². The SMILES string of the molecule is CCCCNC(=NC)NCCNS(=O)(=O)c1ccc(Cl)s1. The maximum atomic E-state index is 11.9. The molecule has 0 aliphatic carbocycles. The molecule has 1 rings (SSSR count). The average molecular weight is 353 g/mol. The second-order valence-electron chi connectivity index (χ2n) is 4.24. The van der Waals surface area contributed by atoms with Crippen molar-refractivity contribution in [2.45, 2.75) is 24.0 Å². The minimum atomic E-state index is -3.48. The molecule has 21 heavy (non-hydrogen) atoms. The smallest absolute Gasteiger partial charge is 0.250 e. The van der Waals surface area contributed by atoms with Gasteiger partial charge in [0.1, 0.15) is 4.21 Å². The molecule has 0 amide bonds. The van der Waals surface area contributed by atoms with Crippen LogP contribution in [0.1, 0.15) is 19.8 Å². The standard InChI is InChI=1S/C12H21ClN4O2S2/c1-3-4-7-15-12(14-2)16-8-9-17-21(18,19)11-6-5-10(13)20-11/h5-6,17H,3-4,7-9H2,1-2H3,(H2,14,15,16). The van der Waals surface area contributed by atoms with Gasteiger partial charge in [-0.15, -0.1) is 11.3 Å². The molecule has 9 heteroatoms. The third-order valence-corrected chi connectivity index (χ3v) is 5.75. The summed E-state index contributed by atoms with van der Waals surface area (Å²) in [5, 5.41) is 6.20. The fourth-order valence-electron chi connectivity index (χ4n) is 1.48. The molecule has 1 heterocycles. The summed E-state index contributed by atoms with van der Waals surface area (Å²) in [6.07, 6.45) is 2.17. The van der Waals surface area contributed by atoms with Crippen LogP contribution in [-0.4, -0.2) is 41.1 Å². The number of guanidine groups is 1. The Labute approximate surface area is 135 Å². The zero-order valence-corrected chi connectivity index (χ0v) is 14.5. The highest BCUT2D eigenvalue weighted by Gasteiger charge is 2.15. The highest BCUT2D eigenvalue weighted by molar-refractivity contribution is 7.91. The monoisotopic (exact) mass is 352 g/mol. The number of nitrogens with zero attached hydrogens (tertiary/aromatic N) is 1. The fourth-order valence-corrected chi connectivity index (χ4v) is 4.04. The lowest BCUT2D eigenvalue weighted by atomic mass is 10.3. The van der Waals surface area contributed by atoms with Gasteiger partial charge in [0.25, 0.3) is 0 Å². The van der Waals surface area contributed by atoms with Gasteiger partial charge in [-0.05, 0) is 18.6 Å². The summed E-state index contributed by atoms with van der Waals surface area (Å²) in [5.41, 5.74) is 0. The molecule has 1 aromatic rings. The van der Waals surface area contributed by atoms with Gasteiger partial charge in [0, 0.05) is 26.7 Å². The maximum absolute atomic E-state index is 11.9. The minimum Gasteiger partial charge on any atom is -0.356 e. The quantitative estimate of drug-likeness (QED) is 0.377. The van der Waals surface area contributed by atoms with E-state index >= 15 is 0 Å². The van der Waals surface area contributed by atoms with Gasteiger partial charge in [-0.2, -0.15) is 0 Å². The highest BCUT2D eigenvalue weighted by atomic mass is 35.5. The molecule has 0 atom stereocenters. The van der Waals surface area contributed by atoms with Crippen LogP contribution in [0.15, 0.2) is 21.3 Å². The third-order valence-electron chi connectivity index (χ3n) is 2.57. The second kappa shape index (κ2) is 9.24. The van der Waals surface area contributed by atoms with Crippen LogP contribution < -0.4 is 15.4 Å². The molecule has 3 N–H and O–H groups in total. The number of thiophene rings is 1. The molecule has 0 spiro atoms. The van der Waals surface area contributed by atoms with Gasteiger partial charge < -0.3 is 10.6 Å². The molecular formula is C12H21ClN4O2S2. The van der Waals surface area contributed by atoms with E-state index in [1.807, 2.05) is 0 Å². The topological polar surface area (TPSA) is 82.6 Å². The number of halogens is 1. The van der Waals surface area contributed by atoms with Crippen LogP contribution in [0.2, 0.25) is 4.34 Å². The van der Waals surface area contributed by atoms with E-state index < -0.39 is 10.0 Å². The fraction of sp³-hybridized carbons (Fsp3) is 0.583. The summed E-state index contributed by atoms with van der Waals surface area (Å²) in [4.78, 5) is 4.06. The first-order valence-electron chi connectivity index (χ1n) is 6.69. The molecule has 0 bridgehead atoms. The molecule has 0 fully saturated rings. The summed E-state index contributed by atoms with van der Waals surface area (Å²) in [6.45, 7) is 3.68. The van der Waals surface area contributed by atoms with Crippen LogP contribution in [0, 0.1) is 0 Å². The Bertz CT molecular complexity index is 557. The van der Waals surface area contributed by atoms with Crippen molar-refractivity contribution in [1.29, 1.82) is 0 Å². The Balaban J connectivity index is 2.33. The molecule has 1 aromatic heterocycles. The predicted molar refractivity (Wildman–Crippen MR) is 88.8 cm³/mol. The van der Waals surface area contributed by atoms with E-state index in [0.717, 1.165) is 30.7 Å². The van der Waals surface area contributed by atoms with E-state index in [1.165, 1.54) is 6.07 Å². The van der Waals surface area contributed by atoms with Crippen molar-refractivity contribution in [2.24, 2.45) is 4.99 Å². The molecule has 0 radical (unpaired) electrons. The number of hydrogen-bond acceptors (Lipinski definition) is 4. The Kier molecular flexibility index (Phi) is 8.02. The lowest BCUT2D eigenvalue weighted by Gasteiger charge is -2.11. The van der Waals surface area contributed by atoms with Gasteiger partial charge in [0.2, 0.25) is 10.0 Å². The predicted octanol–water partition coefficient (Wildman–Crippen LogP) is 1.64. The van der Waals surface area contributed by atoms with E-state index in [2.05, 4.69) is 27.3 Å². The molecule has 0 unspecified atom stereocenters. The lowest BCUT2D eigenvalue weighted by molar-refractivity contribution is 0.582. The summed E-state index contributed by atoms with van der Waals surface area (Å²) in [6, 6.07) is 3.06. The molecule has 120 valence electrons. The molecule has 0 saturated heterocycles. The van der Waals surface area contributed by atoms with Crippen molar-refractivity contribution in [1.82, 2.24) is 15.4 Å². The van der Waals surface area contributed by atoms with Crippen molar-refractivity contribution in [2.75, 3.05) is 26.7 Å². The largest absolute Gasteiger partial charge is 0.356 e. The van der Waals surface area contributed by atoms with E-state index in [0.29, 0.717) is 16.8 Å². The zero-order chi connectivity index (χ0) is 15.7. The van der Waals surface area contributed by atoms with Crippen molar-refractivity contribution < 1.29 is 8.42 Å². The first-order valence-corrected chi connectivity index (χ1v) is 9.37. The van der Waals surface area contributed by atoms with E-state index in [1.54, 1.807) is 13.1 Å². The Morgan fingerprint density at radius 2 is 2.00 bits per heavy atom. The molecule has 0 aliphatic heterocycles. The van der Waals surface area contributed by atoms with E-state index in [-0.39, 0.29) is 10.8 Å². The van der Waals surface area contributed by atoms with Gasteiger partial charge in [-0.3, -0.25) is 4.99 Å². The van der Waals surface area contributed by atoms with E-state index in [9.17, 15) is 8.42 Å². The summed E-state index contributed by atoms with van der Waals surface area (Å²) in [5.74, 6) is 0.668. The van der Waals surface area contributed by atoms with Gasteiger partial charge in [0.15, 0.2) is 5.96 Å².